The van der Waals surface area contributed by atoms with Crippen molar-refractivity contribution >= 4 is 5.97 Å². The summed E-state index contributed by atoms with van der Waals surface area (Å²) in [5.74, 6) is -0.278. The molecule has 0 fully saturated rings. The second kappa shape index (κ2) is 12.0. The number of unbranched alkanes of at least 4 members (excludes halogenated alkanes) is 3. The Morgan fingerprint density at radius 3 is 2.61 bits per heavy atom. The highest BCUT2D eigenvalue weighted by atomic mass is 16.5. The Morgan fingerprint density at radius 2 is 2.06 bits per heavy atom. The normalized spacial score (nSPS) is 9.28. The van der Waals surface area contributed by atoms with Gasteiger partial charge in [-0.15, -0.1) is 0 Å². The van der Waals surface area contributed by atoms with E-state index in [4.69, 9.17) is 9.84 Å². The van der Waals surface area contributed by atoms with E-state index in [1.54, 1.807) is 25.3 Å². The molecule has 0 saturated carbocycles. The van der Waals surface area contributed by atoms with Crippen LogP contribution in [0.2, 0.25) is 0 Å². The number of carbonyl (C=O) groups is 1. The molecule has 0 amide bonds. The summed E-state index contributed by atoms with van der Waals surface area (Å²) in [6.07, 6.45) is 7.62. The second-order valence-electron chi connectivity index (χ2n) is 3.75. The Bertz CT molecular complexity index is 301. The summed E-state index contributed by atoms with van der Waals surface area (Å²) in [7, 11) is 0. The first kappa shape index (κ1) is 16.6. The van der Waals surface area contributed by atoms with Gasteiger partial charge < -0.3 is 9.84 Å². The van der Waals surface area contributed by atoms with E-state index < -0.39 is 0 Å². The quantitative estimate of drug-likeness (QED) is 0.625. The fourth-order valence-corrected chi connectivity index (χ4v) is 1.26. The predicted molar refractivity (Wildman–Crippen MR) is 71.4 cm³/mol. The molecule has 4 nitrogen and oxygen atoms in total. The van der Waals surface area contributed by atoms with E-state index in [1.165, 1.54) is 19.0 Å². The van der Waals surface area contributed by atoms with Crippen molar-refractivity contribution < 1.29 is 14.6 Å². The molecule has 0 unspecified atom stereocenters. The summed E-state index contributed by atoms with van der Waals surface area (Å²) < 4.78 is 5.10. The molecule has 0 bridgehead atoms. The maximum atomic E-state index is 11.4. The lowest BCUT2D eigenvalue weighted by atomic mass is 10.2. The monoisotopic (exact) mass is 253 g/mol. The Hall–Kier alpha value is -1.42. The van der Waals surface area contributed by atoms with Crippen molar-refractivity contribution in [1.29, 1.82) is 0 Å². The molecule has 1 aromatic rings. The number of nitrogens with zero attached hydrogens (tertiary/aromatic N) is 1. The highest BCUT2D eigenvalue weighted by Gasteiger charge is 2.05. The Balaban J connectivity index is 0.000000873. The van der Waals surface area contributed by atoms with Gasteiger partial charge in [-0.1, -0.05) is 26.2 Å². The van der Waals surface area contributed by atoms with Gasteiger partial charge in [-0.25, -0.2) is 4.79 Å². The number of hydrogen-bond donors (Lipinski definition) is 1. The number of aliphatic hydroxyl groups excluding tert-OH is 1. The molecule has 0 aliphatic rings. The summed E-state index contributed by atoms with van der Waals surface area (Å²) in [5.41, 5.74) is 0.521. The van der Waals surface area contributed by atoms with Crippen LogP contribution in [0.15, 0.2) is 24.5 Å². The number of carbonyl (C=O) groups excluding carboxylic acids is 1. The summed E-state index contributed by atoms with van der Waals surface area (Å²) >= 11 is 0. The van der Waals surface area contributed by atoms with Gasteiger partial charge in [0.15, 0.2) is 0 Å². The van der Waals surface area contributed by atoms with Gasteiger partial charge in [0.2, 0.25) is 0 Å². The van der Waals surface area contributed by atoms with E-state index in [1.807, 2.05) is 0 Å². The van der Waals surface area contributed by atoms with Crippen LogP contribution in [-0.2, 0) is 4.74 Å². The van der Waals surface area contributed by atoms with Crippen LogP contribution in [0, 0.1) is 0 Å². The number of rotatable bonds is 6. The van der Waals surface area contributed by atoms with Gasteiger partial charge >= 0.3 is 5.97 Å². The lowest BCUT2D eigenvalue weighted by molar-refractivity contribution is 0.0497. The van der Waals surface area contributed by atoms with Gasteiger partial charge in [-0.05, 0) is 25.5 Å². The average Bonchev–Trinajstić information content (AvgIpc) is 2.40. The molecule has 0 spiro atoms. The number of hydrogen-bond acceptors (Lipinski definition) is 4. The van der Waals surface area contributed by atoms with E-state index in [0.29, 0.717) is 12.2 Å². The fraction of sp³-hybridized carbons (Fsp3) is 0.571. The standard InChI is InChI=1S/C12H17NO2.C2H6O/c1-2-3-4-5-9-15-12(14)11-7-6-8-13-10-11;1-2-3/h6-8,10H,2-5,9H2,1H3;3H,2H2,1H3. The molecule has 18 heavy (non-hydrogen) atoms. The molecule has 1 heterocycles. The van der Waals surface area contributed by atoms with Crippen molar-refractivity contribution in [2.24, 2.45) is 0 Å². The van der Waals surface area contributed by atoms with Crippen molar-refractivity contribution in [2.75, 3.05) is 13.2 Å². The highest BCUT2D eigenvalue weighted by molar-refractivity contribution is 5.88. The summed E-state index contributed by atoms with van der Waals surface area (Å²) in [6, 6.07) is 3.44. The molecule has 0 radical (unpaired) electrons. The van der Waals surface area contributed by atoms with E-state index in [9.17, 15) is 4.79 Å². The van der Waals surface area contributed by atoms with Gasteiger partial charge in [-0.2, -0.15) is 0 Å². The van der Waals surface area contributed by atoms with Gasteiger partial charge in [0.25, 0.3) is 0 Å². The van der Waals surface area contributed by atoms with E-state index in [2.05, 4.69) is 11.9 Å². The summed E-state index contributed by atoms with van der Waals surface area (Å²) in [5, 5.41) is 7.57. The van der Waals surface area contributed by atoms with Crippen LogP contribution in [-0.4, -0.2) is 29.3 Å². The second-order valence-corrected chi connectivity index (χ2v) is 3.75. The summed E-state index contributed by atoms with van der Waals surface area (Å²) in [4.78, 5) is 15.3. The molecule has 0 atom stereocenters. The third-order valence-electron chi connectivity index (χ3n) is 2.13. The Labute approximate surface area is 109 Å². The number of aliphatic hydroxyl groups is 1. The van der Waals surface area contributed by atoms with E-state index in [0.717, 1.165) is 12.8 Å². The molecule has 0 saturated heterocycles. The molecule has 1 rings (SSSR count). The van der Waals surface area contributed by atoms with Crippen LogP contribution < -0.4 is 0 Å². The van der Waals surface area contributed by atoms with Crippen LogP contribution in [0.4, 0.5) is 0 Å². The molecule has 1 aromatic heterocycles. The van der Waals surface area contributed by atoms with E-state index >= 15 is 0 Å². The molecular formula is C14H23NO3. The SMILES string of the molecule is CCCCCCOC(=O)c1cccnc1.CCO. The molecule has 1 N–H and O–H groups in total. The minimum absolute atomic E-state index is 0.250. The van der Waals surface area contributed by atoms with Gasteiger partial charge in [0.1, 0.15) is 0 Å². The molecule has 0 aliphatic heterocycles. The van der Waals surface area contributed by atoms with Crippen LogP contribution >= 0.6 is 0 Å². The van der Waals surface area contributed by atoms with E-state index in [-0.39, 0.29) is 12.6 Å². The number of ether oxygens (including phenoxy) is 1. The van der Waals surface area contributed by atoms with Crippen LogP contribution in [0.3, 0.4) is 0 Å². The minimum Gasteiger partial charge on any atom is -0.462 e. The van der Waals surface area contributed by atoms with Crippen molar-refractivity contribution in [3.8, 4) is 0 Å². The van der Waals surface area contributed by atoms with Gasteiger partial charge in [0.05, 0.1) is 12.2 Å². The number of pyridine rings is 1. The third kappa shape index (κ3) is 8.70. The third-order valence-corrected chi connectivity index (χ3v) is 2.13. The average molecular weight is 253 g/mol. The van der Waals surface area contributed by atoms with Crippen LogP contribution in [0.5, 0.6) is 0 Å². The van der Waals surface area contributed by atoms with Crippen LogP contribution in [0.25, 0.3) is 0 Å². The molecule has 0 aromatic carbocycles. The zero-order valence-electron chi connectivity index (χ0n) is 11.3. The smallest absolute Gasteiger partial charge is 0.339 e. The topological polar surface area (TPSA) is 59.4 Å². The van der Waals surface area contributed by atoms with Crippen LogP contribution in [0.1, 0.15) is 49.9 Å². The lowest BCUT2D eigenvalue weighted by Crippen LogP contribution is -2.06. The maximum Gasteiger partial charge on any atom is 0.339 e. The minimum atomic E-state index is -0.278. The van der Waals surface area contributed by atoms with Crippen molar-refractivity contribution in [1.82, 2.24) is 4.98 Å². The van der Waals surface area contributed by atoms with Gasteiger partial charge in [0, 0.05) is 19.0 Å². The summed E-state index contributed by atoms with van der Waals surface area (Å²) in [6.45, 7) is 4.59. The Morgan fingerprint density at radius 1 is 1.33 bits per heavy atom. The fourth-order valence-electron chi connectivity index (χ4n) is 1.26. The van der Waals surface area contributed by atoms with Crippen molar-refractivity contribution in [3.05, 3.63) is 30.1 Å². The number of esters is 1. The number of aromatic nitrogens is 1. The first-order valence-corrected chi connectivity index (χ1v) is 6.44. The molecule has 4 heteroatoms. The lowest BCUT2D eigenvalue weighted by Gasteiger charge is -2.03. The molecule has 0 aliphatic carbocycles. The Kier molecular flexibility index (Phi) is 11.1. The first-order chi connectivity index (χ1) is 8.76. The maximum absolute atomic E-state index is 11.4. The first-order valence-electron chi connectivity index (χ1n) is 6.44. The predicted octanol–water partition coefficient (Wildman–Crippen LogP) is 2.82. The van der Waals surface area contributed by atoms with Crippen molar-refractivity contribution in [3.63, 3.8) is 0 Å². The largest absolute Gasteiger partial charge is 0.462 e. The molecule has 102 valence electrons. The molecular weight excluding hydrogens is 230 g/mol. The zero-order chi connectivity index (χ0) is 13.6. The highest BCUT2D eigenvalue weighted by Crippen LogP contribution is 2.02. The zero-order valence-corrected chi connectivity index (χ0v) is 11.3. The van der Waals surface area contributed by atoms with Crippen molar-refractivity contribution in [2.45, 2.75) is 39.5 Å². The van der Waals surface area contributed by atoms with Gasteiger partial charge in [-0.3, -0.25) is 4.98 Å².